The molecule has 0 saturated heterocycles. The first-order valence-electron chi connectivity index (χ1n) is 20.3. The van der Waals surface area contributed by atoms with Crippen molar-refractivity contribution in [2.75, 3.05) is 22.7 Å². The highest BCUT2D eigenvalue weighted by molar-refractivity contribution is 7.96. The van der Waals surface area contributed by atoms with E-state index >= 15 is 0 Å². The minimum atomic E-state index is -3.97. The number of nitrogens with zero attached hydrogens (tertiary/aromatic N) is 8. The third kappa shape index (κ3) is 13.2. The van der Waals surface area contributed by atoms with Crippen LogP contribution in [0.5, 0.6) is 5.88 Å². The number of halogens is 1. The molecule has 67 heavy (non-hydrogen) atoms. The molecule has 0 fully saturated rings. The molecule has 16 nitrogen and oxygen atoms in total. The number of benzene rings is 4. The molecule has 8 rings (SSSR count). The molecule has 4 aromatic carbocycles. The maximum Gasteiger partial charge on any atom is 0.256 e. The van der Waals surface area contributed by atoms with E-state index in [2.05, 4.69) is 49.3 Å². The molecule has 0 aliphatic rings. The van der Waals surface area contributed by atoms with Crippen molar-refractivity contribution in [3.63, 3.8) is 0 Å². The van der Waals surface area contributed by atoms with Crippen molar-refractivity contribution in [3.8, 4) is 51.4 Å². The average molecular weight is 954 g/mol. The van der Waals surface area contributed by atoms with Gasteiger partial charge in [-0.1, -0.05) is 132 Å². The fraction of sp³-hybridized carbons (Fsp3) is 0.0833. The summed E-state index contributed by atoms with van der Waals surface area (Å²) in [6.07, 6.45) is 9.12. The summed E-state index contributed by atoms with van der Waals surface area (Å²) in [5, 5.41) is 11.6. The van der Waals surface area contributed by atoms with Gasteiger partial charge in [0.15, 0.2) is 23.3 Å². The largest absolute Gasteiger partial charge is 0.475 e. The van der Waals surface area contributed by atoms with E-state index in [1.807, 2.05) is 98.8 Å². The van der Waals surface area contributed by atoms with Crippen LogP contribution < -0.4 is 14.2 Å². The second kappa shape index (κ2) is 21.9. The van der Waals surface area contributed by atoms with Crippen molar-refractivity contribution >= 4 is 55.4 Å². The Morgan fingerprint density at radius 2 is 0.955 bits per heavy atom. The first-order chi connectivity index (χ1) is 32.4. The molecule has 0 bridgehead atoms. The molecule has 4 heterocycles. The second-order valence-corrected chi connectivity index (χ2v) is 17.8. The number of nitrogens with one attached hydrogen (secondary N) is 2. The summed E-state index contributed by atoms with van der Waals surface area (Å²) in [6.45, 7) is 3.59. The Morgan fingerprint density at radius 3 is 1.40 bits per heavy atom. The number of anilines is 2. The summed E-state index contributed by atoms with van der Waals surface area (Å²) in [6, 6.07) is 36.3. The Morgan fingerprint density at radius 1 is 0.537 bits per heavy atom. The molecule has 0 saturated carbocycles. The zero-order chi connectivity index (χ0) is 47.2. The van der Waals surface area contributed by atoms with Crippen molar-refractivity contribution in [3.05, 3.63) is 184 Å². The number of aliphatic hydroxyl groups is 1. The van der Waals surface area contributed by atoms with Crippen LogP contribution in [-0.2, 0) is 20.0 Å². The fourth-order valence-corrected chi connectivity index (χ4v) is 7.98. The van der Waals surface area contributed by atoms with Gasteiger partial charge in [0, 0.05) is 24.8 Å². The van der Waals surface area contributed by atoms with Gasteiger partial charge in [-0.15, -0.1) is 0 Å². The lowest BCUT2D eigenvalue weighted by Crippen LogP contribution is -2.14. The van der Waals surface area contributed by atoms with E-state index in [1.165, 1.54) is 24.5 Å². The lowest BCUT2D eigenvalue weighted by Gasteiger charge is -2.16. The van der Waals surface area contributed by atoms with Gasteiger partial charge in [0.1, 0.15) is 11.8 Å². The Hall–Kier alpha value is -7.77. The van der Waals surface area contributed by atoms with Crippen molar-refractivity contribution in [2.45, 2.75) is 13.8 Å². The van der Waals surface area contributed by atoms with E-state index in [0.717, 1.165) is 33.1 Å². The van der Waals surface area contributed by atoms with Crippen molar-refractivity contribution < 1.29 is 26.7 Å². The Balaban J connectivity index is 0.000000200. The average Bonchev–Trinajstić information content (AvgIpc) is 3.34. The highest BCUT2D eigenvalue weighted by Gasteiger charge is 2.23. The minimum Gasteiger partial charge on any atom is -0.475 e. The SMILES string of the molecule is Cc1ccc(-c2c(Cl)nc(-c3ncccn3)nc2NS(=O)(=O)/C=C/c2ccccc2)cc1.Cc1ccc(-c2c(NS(=O)(=O)/C=C/c3ccccc3)nc(-c3ncccn3)nc2OCCO)cc1. The van der Waals surface area contributed by atoms with Crippen LogP contribution in [0.4, 0.5) is 11.6 Å². The van der Waals surface area contributed by atoms with Gasteiger partial charge in [-0.3, -0.25) is 9.44 Å². The van der Waals surface area contributed by atoms with Crippen LogP contribution in [0.2, 0.25) is 5.15 Å². The van der Waals surface area contributed by atoms with Crippen molar-refractivity contribution in [2.24, 2.45) is 0 Å². The lowest BCUT2D eigenvalue weighted by molar-refractivity contribution is 0.197. The van der Waals surface area contributed by atoms with Gasteiger partial charge in [-0.05, 0) is 60.4 Å². The predicted octanol–water partition coefficient (Wildman–Crippen LogP) is 8.67. The second-order valence-electron chi connectivity index (χ2n) is 14.3. The van der Waals surface area contributed by atoms with E-state index in [0.29, 0.717) is 22.3 Å². The molecule has 0 atom stereocenters. The lowest BCUT2D eigenvalue weighted by atomic mass is 10.1. The summed E-state index contributed by atoms with van der Waals surface area (Å²) in [5.41, 5.74) is 5.54. The summed E-state index contributed by atoms with van der Waals surface area (Å²) in [7, 11) is -7.88. The third-order valence-corrected chi connectivity index (χ3v) is 11.5. The number of sulfonamides is 2. The van der Waals surface area contributed by atoms with E-state index in [-0.39, 0.29) is 59.2 Å². The number of aryl methyl sites for hydroxylation is 2. The zero-order valence-electron chi connectivity index (χ0n) is 35.8. The summed E-state index contributed by atoms with van der Waals surface area (Å²) < 4.78 is 62.5. The Kier molecular flexibility index (Phi) is 15.5. The maximum atomic E-state index is 13.0. The number of aliphatic hydroxyl groups excluding tert-OH is 1. The molecular formula is C48H41ClN10O6S2. The van der Waals surface area contributed by atoms with Crippen molar-refractivity contribution in [1.29, 1.82) is 0 Å². The summed E-state index contributed by atoms with van der Waals surface area (Å²) in [4.78, 5) is 34.2. The molecular weight excluding hydrogens is 912 g/mol. The summed E-state index contributed by atoms with van der Waals surface area (Å²) in [5.74, 6) is 0.716. The standard InChI is InChI=1S/C25H23N5O4S.C23H18ClN5O2S/c1-18-8-10-20(11-9-18)21-22(30-35(32,33)17-12-19-6-3-2-4-7-19)28-24(23-26-13-5-14-27-23)29-25(21)34-16-15-31;1-16-8-10-18(11-9-16)19-20(24)27-23(22-25-13-5-14-26-22)28-21(19)29-32(30,31)15-12-17-6-3-2-4-7-17/h2-14,17,31H,15-16H2,1H3,(H,28,29,30);2-15H,1H3,(H,27,28,29)/b17-12+;15-12+. The quantitative estimate of drug-likeness (QED) is 0.0818. The maximum absolute atomic E-state index is 13.0. The monoisotopic (exact) mass is 952 g/mol. The fourth-order valence-electron chi connectivity index (χ4n) is 6.06. The predicted molar refractivity (Wildman–Crippen MR) is 260 cm³/mol. The van der Waals surface area contributed by atoms with Gasteiger partial charge in [0.2, 0.25) is 17.5 Å². The van der Waals surface area contributed by atoms with Gasteiger partial charge in [0.05, 0.1) is 28.5 Å². The first-order valence-corrected chi connectivity index (χ1v) is 23.8. The van der Waals surface area contributed by atoms with E-state index in [1.54, 1.807) is 48.8 Å². The van der Waals surface area contributed by atoms with Crippen LogP contribution in [0.1, 0.15) is 22.3 Å². The number of ether oxygens (including phenoxy) is 1. The molecule has 338 valence electrons. The third-order valence-electron chi connectivity index (χ3n) is 9.24. The van der Waals surface area contributed by atoms with Gasteiger partial charge < -0.3 is 9.84 Å². The smallest absolute Gasteiger partial charge is 0.256 e. The zero-order valence-corrected chi connectivity index (χ0v) is 38.2. The van der Waals surface area contributed by atoms with Crippen LogP contribution in [0.25, 0.3) is 57.7 Å². The molecule has 19 heteroatoms. The van der Waals surface area contributed by atoms with Gasteiger partial charge >= 0.3 is 0 Å². The van der Waals surface area contributed by atoms with Crippen LogP contribution in [0, 0.1) is 13.8 Å². The van der Waals surface area contributed by atoms with Crippen LogP contribution in [-0.4, -0.2) is 75.0 Å². The molecule has 0 unspecified atom stereocenters. The summed E-state index contributed by atoms with van der Waals surface area (Å²) >= 11 is 6.50. The molecule has 8 aromatic rings. The molecule has 0 radical (unpaired) electrons. The normalized spacial score (nSPS) is 11.5. The Bertz CT molecular complexity index is 3210. The molecule has 0 aliphatic heterocycles. The van der Waals surface area contributed by atoms with Gasteiger partial charge in [-0.2, -0.15) is 4.98 Å². The van der Waals surface area contributed by atoms with E-state index in [9.17, 15) is 21.9 Å². The number of hydrogen-bond donors (Lipinski definition) is 3. The van der Waals surface area contributed by atoms with Crippen LogP contribution in [0.3, 0.4) is 0 Å². The topological polar surface area (TPSA) is 225 Å². The van der Waals surface area contributed by atoms with Crippen molar-refractivity contribution in [1.82, 2.24) is 39.9 Å². The molecule has 4 aromatic heterocycles. The first kappa shape index (κ1) is 47.2. The molecule has 0 spiro atoms. The number of hydrogen-bond acceptors (Lipinski definition) is 14. The van der Waals surface area contributed by atoms with Crippen LogP contribution in [0.15, 0.2) is 157 Å². The van der Waals surface area contributed by atoms with Crippen LogP contribution >= 0.6 is 11.6 Å². The van der Waals surface area contributed by atoms with E-state index < -0.39 is 20.0 Å². The minimum absolute atomic E-state index is 0.00282. The van der Waals surface area contributed by atoms with Gasteiger partial charge in [0.25, 0.3) is 20.0 Å². The number of rotatable bonds is 15. The number of aromatic nitrogens is 8. The molecule has 3 N–H and O–H groups in total. The Labute approximate surface area is 392 Å². The highest BCUT2D eigenvalue weighted by atomic mass is 35.5. The molecule has 0 amide bonds. The highest BCUT2D eigenvalue weighted by Crippen LogP contribution is 2.38. The van der Waals surface area contributed by atoms with E-state index in [4.69, 9.17) is 16.3 Å². The molecule has 0 aliphatic carbocycles. The van der Waals surface area contributed by atoms with Gasteiger partial charge in [-0.25, -0.2) is 51.7 Å².